The number of sulfonamides is 1. The van der Waals surface area contributed by atoms with Crippen molar-refractivity contribution in [1.29, 1.82) is 0 Å². The molecule has 1 aromatic heterocycles. The fourth-order valence-electron chi connectivity index (χ4n) is 3.64. The van der Waals surface area contributed by atoms with Crippen LogP contribution < -0.4 is 10.6 Å². The van der Waals surface area contributed by atoms with Crippen LogP contribution in [0.4, 0.5) is 42.2 Å². The fourth-order valence-corrected chi connectivity index (χ4v) is 5.02. The van der Waals surface area contributed by atoms with Crippen molar-refractivity contribution in [3.8, 4) is 11.8 Å². The largest absolute Gasteiger partial charge is 0.435 e. The Morgan fingerprint density at radius 2 is 1.57 bits per heavy atom. The zero-order chi connectivity index (χ0) is 26.2. The molecule has 35 heavy (non-hydrogen) atoms. The number of nitrogens with two attached hydrogens (primary N) is 1. The average molecular weight is 524 g/mol. The normalized spacial score (nSPS) is 18.2. The number of alkyl halides is 7. The number of nitrogen functional groups attached to an aromatic ring is 1. The van der Waals surface area contributed by atoms with Crippen molar-refractivity contribution in [3.05, 3.63) is 48.2 Å². The molecule has 190 valence electrons. The highest BCUT2D eigenvalue weighted by atomic mass is 32.2. The molecule has 1 fully saturated rings. The van der Waals surface area contributed by atoms with Crippen LogP contribution in [0.3, 0.4) is 0 Å². The molecular formula is C21H19F7N4O2S. The summed E-state index contributed by atoms with van der Waals surface area (Å²) in [7, 11) is -3.97. The number of hydrogen-bond acceptors (Lipinski definition) is 5. The third kappa shape index (κ3) is 4.87. The minimum Gasteiger partial charge on any atom is -0.384 e. The van der Waals surface area contributed by atoms with Crippen molar-refractivity contribution >= 4 is 21.5 Å². The number of piperazine rings is 1. The summed E-state index contributed by atoms with van der Waals surface area (Å²) in [4.78, 5) is 5.18. The molecule has 1 aromatic carbocycles. The lowest BCUT2D eigenvalue weighted by atomic mass is 9.94. The highest BCUT2D eigenvalue weighted by Crippen LogP contribution is 2.53. The van der Waals surface area contributed by atoms with E-state index in [2.05, 4.69) is 16.8 Å². The van der Waals surface area contributed by atoms with Gasteiger partial charge in [0.15, 0.2) is 0 Å². The van der Waals surface area contributed by atoms with Crippen LogP contribution in [0.2, 0.25) is 0 Å². The van der Waals surface area contributed by atoms with Gasteiger partial charge in [0.1, 0.15) is 16.8 Å². The van der Waals surface area contributed by atoms with E-state index in [0.717, 1.165) is 22.6 Å². The van der Waals surface area contributed by atoms with Crippen molar-refractivity contribution in [2.45, 2.75) is 35.9 Å². The molecular weight excluding hydrogens is 505 g/mol. The number of benzene rings is 1. The summed E-state index contributed by atoms with van der Waals surface area (Å²) >= 11 is 0. The first-order valence-corrected chi connectivity index (χ1v) is 11.4. The second-order valence-corrected chi connectivity index (χ2v) is 9.52. The SMILES string of the molecule is CC#C[C@H]1CN(S(=O)(=O)c2ccc(N)nc2)CCN1c1ccc(C(F)(C(F)(F)F)C(F)(F)F)cc1. The smallest absolute Gasteiger partial charge is 0.384 e. The van der Waals surface area contributed by atoms with Gasteiger partial charge in [-0.1, -0.05) is 18.1 Å². The first-order valence-electron chi connectivity index (χ1n) is 9.96. The van der Waals surface area contributed by atoms with Crippen molar-refractivity contribution < 1.29 is 39.2 Å². The number of pyridine rings is 1. The van der Waals surface area contributed by atoms with Crippen LogP contribution in [-0.4, -0.2) is 55.7 Å². The van der Waals surface area contributed by atoms with Crippen molar-refractivity contribution in [2.24, 2.45) is 0 Å². The highest BCUT2D eigenvalue weighted by Gasteiger charge is 2.73. The zero-order valence-corrected chi connectivity index (χ0v) is 18.8. The molecule has 1 aliphatic heterocycles. The van der Waals surface area contributed by atoms with Crippen molar-refractivity contribution in [2.75, 3.05) is 30.3 Å². The molecule has 0 aliphatic carbocycles. The average Bonchev–Trinajstić information content (AvgIpc) is 2.77. The molecule has 14 heteroatoms. The first kappa shape index (κ1) is 26.6. The second kappa shape index (κ2) is 9.19. The molecule has 2 N–H and O–H groups in total. The van der Waals surface area contributed by atoms with E-state index in [9.17, 15) is 39.2 Å². The van der Waals surface area contributed by atoms with Crippen molar-refractivity contribution in [3.63, 3.8) is 0 Å². The first-order chi connectivity index (χ1) is 16.1. The summed E-state index contributed by atoms with van der Waals surface area (Å²) in [6.07, 6.45) is -11.3. The van der Waals surface area contributed by atoms with Gasteiger partial charge in [-0.15, -0.1) is 5.92 Å². The number of hydrogen-bond donors (Lipinski definition) is 1. The van der Waals surface area contributed by atoms with Crippen LogP contribution in [0.25, 0.3) is 0 Å². The van der Waals surface area contributed by atoms with Gasteiger partial charge in [0.25, 0.3) is 0 Å². The lowest BCUT2D eigenvalue weighted by Crippen LogP contribution is -2.54. The molecule has 1 saturated heterocycles. The minimum absolute atomic E-state index is 0.0135. The Labute approximate surface area is 196 Å². The molecule has 3 rings (SSSR count). The summed E-state index contributed by atoms with van der Waals surface area (Å²) in [6, 6.07) is 4.48. The molecule has 0 bridgehead atoms. The molecule has 0 saturated carbocycles. The summed E-state index contributed by atoms with van der Waals surface area (Å²) in [5, 5.41) is 0. The van der Waals surface area contributed by atoms with Gasteiger partial charge in [-0.25, -0.2) is 17.8 Å². The third-order valence-electron chi connectivity index (χ3n) is 5.43. The molecule has 2 heterocycles. The monoisotopic (exact) mass is 524 g/mol. The van der Waals surface area contributed by atoms with Crippen LogP contribution in [-0.2, 0) is 15.7 Å². The maximum Gasteiger partial charge on any atom is 0.435 e. The van der Waals surface area contributed by atoms with Crippen LogP contribution >= 0.6 is 0 Å². The Morgan fingerprint density at radius 1 is 0.971 bits per heavy atom. The zero-order valence-electron chi connectivity index (χ0n) is 18.0. The van der Waals surface area contributed by atoms with E-state index < -0.39 is 39.6 Å². The quantitative estimate of drug-likeness (QED) is 0.486. The lowest BCUT2D eigenvalue weighted by molar-refractivity contribution is -0.348. The Balaban J connectivity index is 1.89. The van der Waals surface area contributed by atoms with E-state index in [1.807, 2.05) is 0 Å². The molecule has 1 atom stereocenters. The van der Waals surface area contributed by atoms with E-state index >= 15 is 0 Å². The van der Waals surface area contributed by atoms with Gasteiger partial charge in [0.05, 0.1) is 0 Å². The fraction of sp³-hybridized carbons (Fsp3) is 0.381. The minimum atomic E-state index is -6.22. The third-order valence-corrected chi connectivity index (χ3v) is 7.28. The Hall–Kier alpha value is -3.05. The number of halogens is 7. The van der Waals surface area contributed by atoms with Crippen molar-refractivity contribution in [1.82, 2.24) is 9.29 Å². The molecule has 0 amide bonds. The van der Waals surface area contributed by atoms with Crippen LogP contribution in [0.5, 0.6) is 0 Å². The molecule has 0 spiro atoms. The van der Waals surface area contributed by atoms with E-state index in [4.69, 9.17) is 5.73 Å². The topological polar surface area (TPSA) is 79.5 Å². The Kier molecular flexibility index (Phi) is 6.98. The summed E-state index contributed by atoms with van der Waals surface area (Å²) < 4.78 is 119. The van der Waals surface area contributed by atoms with Gasteiger partial charge in [-0.3, -0.25) is 0 Å². The van der Waals surface area contributed by atoms with Gasteiger partial charge < -0.3 is 10.6 Å². The van der Waals surface area contributed by atoms with E-state index in [1.165, 1.54) is 24.0 Å². The molecule has 0 unspecified atom stereocenters. The lowest BCUT2D eigenvalue weighted by Gasteiger charge is -2.40. The van der Waals surface area contributed by atoms with Crippen LogP contribution in [0, 0.1) is 11.8 Å². The van der Waals surface area contributed by atoms with E-state index in [1.54, 1.807) is 0 Å². The predicted molar refractivity (Wildman–Crippen MR) is 113 cm³/mol. The molecule has 1 aliphatic rings. The highest BCUT2D eigenvalue weighted by molar-refractivity contribution is 7.89. The number of nitrogens with zero attached hydrogens (tertiary/aromatic N) is 3. The van der Waals surface area contributed by atoms with Gasteiger partial charge >= 0.3 is 18.0 Å². The molecule has 6 nitrogen and oxygen atoms in total. The second-order valence-electron chi connectivity index (χ2n) is 7.59. The van der Waals surface area contributed by atoms with E-state index in [0.29, 0.717) is 12.1 Å². The number of anilines is 2. The van der Waals surface area contributed by atoms with Gasteiger partial charge in [0, 0.05) is 37.1 Å². The van der Waals surface area contributed by atoms with Gasteiger partial charge in [-0.2, -0.15) is 30.6 Å². The maximum atomic E-state index is 14.3. The van der Waals surface area contributed by atoms with Crippen LogP contribution in [0.1, 0.15) is 12.5 Å². The van der Waals surface area contributed by atoms with Gasteiger partial charge in [0.2, 0.25) is 10.0 Å². The summed E-state index contributed by atoms with van der Waals surface area (Å²) in [5.41, 5.74) is -1.52. The molecule has 0 radical (unpaired) electrons. The predicted octanol–water partition coefficient (Wildman–Crippen LogP) is 3.86. The standard InChI is InChI=1S/C21H19F7N4O2S/c1-2-3-16-13-31(35(33,34)17-8-9-18(29)30-12-17)10-11-32(16)15-6-4-14(5-7-15)19(22,20(23,24)25)21(26,27)28/h4-9,12,16H,10-11,13H2,1H3,(H2,29,30)/t16-/m0/s1. The summed E-state index contributed by atoms with van der Waals surface area (Å²) in [6.45, 7) is 1.30. The van der Waals surface area contributed by atoms with Crippen LogP contribution in [0.15, 0.2) is 47.5 Å². The maximum absolute atomic E-state index is 14.3. The molecule has 2 aromatic rings. The Morgan fingerprint density at radius 3 is 2.06 bits per heavy atom. The van der Waals surface area contributed by atoms with E-state index in [-0.39, 0.29) is 36.0 Å². The summed E-state index contributed by atoms with van der Waals surface area (Å²) in [5.74, 6) is 5.55. The Bertz CT molecular complexity index is 1200. The number of aromatic nitrogens is 1. The number of rotatable bonds is 4. The van der Waals surface area contributed by atoms with Gasteiger partial charge in [-0.05, 0) is 31.2 Å².